The summed E-state index contributed by atoms with van der Waals surface area (Å²) in [6, 6.07) is 0. The molecular formula is C9H17NO4. The Bertz CT molecular complexity index is 207. The maximum absolute atomic E-state index is 11.0. The van der Waals surface area contributed by atoms with Crippen molar-refractivity contribution in [3.05, 3.63) is 0 Å². The Morgan fingerprint density at radius 3 is 2.29 bits per heavy atom. The fourth-order valence-electron chi connectivity index (χ4n) is 0.604. The van der Waals surface area contributed by atoms with E-state index in [4.69, 9.17) is 9.57 Å². The van der Waals surface area contributed by atoms with Crippen molar-refractivity contribution in [1.29, 1.82) is 0 Å². The molecule has 0 aliphatic heterocycles. The summed E-state index contributed by atoms with van der Waals surface area (Å²) in [4.78, 5) is 26.2. The van der Waals surface area contributed by atoms with E-state index in [2.05, 4.69) is 5.48 Å². The average molecular weight is 203 g/mol. The number of rotatable bonds is 4. The topological polar surface area (TPSA) is 64.6 Å². The highest BCUT2D eigenvalue weighted by molar-refractivity contribution is 5.75. The smallest absolute Gasteiger partial charge is 0.431 e. The van der Waals surface area contributed by atoms with Crippen LogP contribution in [0.2, 0.25) is 0 Å². The molecule has 0 aliphatic rings. The van der Waals surface area contributed by atoms with Crippen LogP contribution in [0.25, 0.3) is 0 Å². The van der Waals surface area contributed by atoms with E-state index < -0.39 is 11.7 Å². The van der Waals surface area contributed by atoms with Gasteiger partial charge in [-0.25, -0.2) is 4.79 Å². The molecule has 0 aliphatic carbocycles. The average Bonchev–Trinajstić information content (AvgIpc) is 1.94. The summed E-state index contributed by atoms with van der Waals surface area (Å²) in [5.41, 5.74) is 1.53. The van der Waals surface area contributed by atoms with Crippen molar-refractivity contribution in [3.8, 4) is 0 Å². The van der Waals surface area contributed by atoms with Crippen molar-refractivity contribution in [1.82, 2.24) is 5.48 Å². The number of hydrogen-bond donors (Lipinski definition) is 1. The fourth-order valence-corrected chi connectivity index (χ4v) is 0.604. The summed E-state index contributed by atoms with van der Waals surface area (Å²) in [5, 5.41) is 0. The summed E-state index contributed by atoms with van der Waals surface area (Å²) in [5.74, 6) is 0.0102. The SMILES string of the molecule is CC(=O)CCONC(=O)OC(C)(C)C. The molecule has 0 saturated carbocycles. The van der Waals surface area contributed by atoms with Gasteiger partial charge in [-0.15, -0.1) is 0 Å². The molecule has 14 heavy (non-hydrogen) atoms. The number of ketones is 1. The van der Waals surface area contributed by atoms with Crippen LogP contribution in [0.4, 0.5) is 4.79 Å². The molecule has 1 amide bonds. The molecule has 0 heterocycles. The second kappa shape index (κ2) is 5.59. The summed E-state index contributed by atoms with van der Waals surface area (Å²) in [7, 11) is 0. The molecule has 82 valence electrons. The number of carbonyl (C=O) groups is 2. The maximum Gasteiger partial charge on any atom is 0.431 e. The summed E-state index contributed by atoms with van der Waals surface area (Å²) in [6.07, 6.45) is -0.378. The van der Waals surface area contributed by atoms with Crippen LogP contribution < -0.4 is 5.48 Å². The third-order valence-electron chi connectivity index (χ3n) is 1.11. The van der Waals surface area contributed by atoms with Crippen LogP contribution in [-0.4, -0.2) is 24.1 Å². The summed E-state index contributed by atoms with van der Waals surface area (Å²) >= 11 is 0. The highest BCUT2D eigenvalue weighted by Crippen LogP contribution is 2.06. The van der Waals surface area contributed by atoms with Crippen molar-refractivity contribution in [2.24, 2.45) is 0 Å². The molecule has 0 aromatic carbocycles. The number of Topliss-reactive ketones (excluding diaryl/α,β-unsaturated/α-hetero) is 1. The number of hydrogen-bond acceptors (Lipinski definition) is 4. The van der Waals surface area contributed by atoms with Crippen molar-refractivity contribution in [2.75, 3.05) is 6.61 Å². The van der Waals surface area contributed by atoms with Crippen LogP contribution in [0.5, 0.6) is 0 Å². The van der Waals surface area contributed by atoms with Gasteiger partial charge in [-0.05, 0) is 27.7 Å². The predicted octanol–water partition coefficient (Wildman–Crippen LogP) is 1.42. The predicted molar refractivity (Wildman–Crippen MR) is 50.6 cm³/mol. The minimum absolute atomic E-state index is 0.0102. The van der Waals surface area contributed by atoms with Crippen LogP contribution in [-0.2, 0) is 14.4 Å². The Kier molecular flexibility index (Phi) is 5.15. The van der Waals surface area contributed by atoms with Gasteiger partial charge in [0.25, 0.3) is 0 Å². The lowest BCUT2D eigenvalue weighted by molar-refractivity contribution is -0.118. The zero-order valence-electron chi connectivity index (χ0n) is 9.05. The second-order valence-corrected chi connectivity index (χ2v) is 3.90. The highest BCUT2D eigenvalue weighted by Gasteiger charge is 2.15. The standard InChI is InChI=1S/C9H17NO4/c1-7(11)5-6-13-10-8(12)14-9(2,3)4/h5-6H2,1-4H3,(H,10,12). The van der Waals surface area contributed by atoms with Gasteiger partial charge in [-0.3, -0.25) is 9.63 Å². The molecule has 0 fully saturated rings. The number of nitrogens with one attached hydrogen (secondary N) is 1. The third-order valence-corrected chi connectivity index (χ3v) is 1.11. The van der Waals surface area contributed by atoms with E-state index in [0.29, 0.717) is 0 Å². The van der Waals surface area contributed by atoms with Gasteiger partial charge in [-0.1, -0.05) is 0 Å². The lowest BCUT2D eigenvalue weighted by Crippen LogP contribution is -2.32. The molecule has 0 spiro atoms. The van der Waals surface area contributed by atoms with Gasteiger partial charge >= 0.3 is 6.09 Å². The molecule has 5 heteroatoms. The first-order valence-electron chi connectivity index (χ1n) is 4.41. The van der Waals surface area contributed by atoms with Crippen molar-refractivity contribution < 1.29 is 19.2 Å². The summed E-state index contributed by atoms with van der Waals surface area (Å²) < 4.78 is 4.88. The Morgan fingerprint density at radius 1 is 1.29 bits per heavy atom. The first kappa shape index (κ1) is 12.9. The lowest BCUT2D eigenvalue weighted by atomic mass is 10.2. The zero-order chi connectivity index (χ0) is 11.2. The number of carbonyl (C=O) groups excluding carboxylic acids is 2. The first-order valence-corrected chi connectivity index (χ1v) is 4.41. The van der Waals surface area contributed by atoms with Crippen LogP contribution in [0, 0.1) is 0 Å². The highest BCUT2D eigenvalue weighted by atomic mass is 16.7. The lowest BCUT2D eigenvalue weighted by Gasteiger charge is -2.19. The molecule has 0 aromatic rings. The van der Waals surface area contributed by atoms with Crippen molar-refractivity contribution in [2.45, 2.75) is 39.7 Å². The largest absolute Gasteiger partial charge is 0.442 e. The normalized spacial score (nSPS) is 10.9. The van der Waals surface area contributed by atoms with E-state index in [9.17, 15) is 9.59 Å². The first-order chi connectivity index (χ1) is 6.31. The van der Waals surface area contributed by atoms with E-state index in [0.717, 1.165) is 0 Å². The number of hydroxylamine groups is 1. The Labute approximate surface area is 83.7 Å². The van der Waals surface area contributed by atoms with Crippen molar-refractivity contribution >= 4 is 11.9 Å². The van der Waals surface area contributed by atoms with Gasteiger partial charge in [-0.2, -0.15) is 5.48 Å². The Hall–Kier alpha value is -1.10. The molecule has 5 nitrogen and oxygen atoms in total. The van der Waals surface area contributed by atoms with Crippen LogP contribution >= 0.6 is 0 Å². The van der Waals surface area contributed by atoms with Gasteiger partial charge in [0.2, 0.25) is 0 Å². The fraction of sp³-hybridized carbons (Fsp3) is 0.778. The molecular weight excluding hydrogens is 186 g/mol. The molecule has 1 N–H and O–H groups in total. The minimum Gasteiger partial charge on any atom is -0.442 e. The molecule has 0 aromatic heterocycles. The van der Waals surface area contributed by atoms with Crippen LogP contribution in [0.1, 0.15) is 34.1 Å². The van der Waals surface area contributed by atoms with Gasteiger partial charge in [0.05, 0.1) is 6.61 Å². The number of ether oxygens (including phenoxy) is 1. The minimum atomic E-state index is -0.652. The molecule has 0 saturated heterocycles. The second-order valence-electron chi connectivity index (χ2n) is 3.90. The van der Waals surface area contributed by atoms with Gasteiger partial charge in [0, 0.05) is 6.42 Å². The van der Waals surface area contributed by atoms with Gasteiger partial charge < -0.3 is 4.74 Å². The van der Waals surface area contributed by atoms with Gasteiger partial charge in [0.1, 0.15) is 11.4 Å². The quantitative estimate of drug-likeness (QED) is 0.554. The molecule has 0 unspecified atom stereocenters. The zero-order valence-corrected chi connectivity index (χ0v) is 9.05. The monoisotopic (exact) mass is 203 g/mol. The molecule has 0 atom stereocenters. The van der Waals surface area contributed by atoms with Crippen LogP contribution in [0.3, 0.4) is 0 Å². The van der Waals surface area contributed by atoms with Crippen molar-refractivity contribution in [3.63, 3.8) is 0 Å². The van der Waals surface area contributed by atoms with Gasteiger partial charge in [0.15, 0.2) is 0 Å². The van der Waals surface area contributed by atoms with E-state index in [1.54, 1.807) is 20.8 Å². The summed E-state index contributed by atoms with van der Waals surface area (Å²) in [6.45, 7) is 6.87. The Balaban J connectivity index is 3.50. The number of amides is 1. The van der Waals surface area contributed by atoms with Crippen LogP contribution in [0.15, 0.2) is 0 Å². The van der Waals surface area contributed by atoms with E-state index in [-0.39, 0.29) is 18.8 Å². The Morgan fingerprint density at radius 2 is 1.86 bits per heavy atom. The van der Waals surface area contributed by atoms with E-state index in [1.807, 2.05) is 0 Å². The van der Waals surface area contributed by atoms with E-state index in [1.165, 1.54) is 6.92 Å². The molecule has 0 rings (SSSR count). The molecule has 0 radical (unpaired) electrons. The molecule has 0 bridgehead atoms. The maximum atomic E-state index is 11.0. The third kappa shape index (κ3) is 8.99. The van der Waals surface area contributed by atoms with E-state index >= 15 is 0 Å².